The lowest BCUT2D eigenvalue weighted by Crippen LogP contribution is -2.22. The van der Waals surface area contributed by atoms with E-state index in [1.54, 1.807) is 39.3 Å². The van der Waals surface area contributed by atoms with Crippen LogP contribution in [0.3, 0.4) is 0 Å². The number of allylic oxidation sites excluding steroid dienone is 4. The van der Waals surface area contributed by atoms with Crippen LogP contribution in [0.15, 0.2) is 79.2 Å². The van der Waals surface area contributed by atoms with Crippen LogP contribution in [0.2, 0.25) is 0 Å². The van der Waals surface area contributed by atoms with Gasteiger partial charge in [0.2, 0.25) is 5.95 Å². The second kappa shape index (κ2) is 26.0. The van der Waals surface area contributed by atoms with E-state index in [0.29, 0.717) is 49.1 Å². The number of carbonyl (C=O) groups is 2. The lowest BCUT2D eigenvalue weighted by molar-refractivity contribution is -0.150. The molecule has 14 heteroatoms. The van der Waals surface area contributed by atoms with Gasteiger partial charge in [-0.1, -0.05) is 69.0 Å². The molecule has 3 aromatic rings. The van der Waals surface area contributed by atoms with E-state index in [2.05, 4.69) is 26.5 Å². The van der Waals surface area contributed by atoms with Crippen molar-refractivity contribution in [3.8, 4) is 0 Å². The van der Waals surface area contributed by atoms with E-state index in [0.717, 1.165) is 12.0 Å². The summed E-state index contributed by atoms with van der Waals surface area (Å²) in [6.45, 7) is 12.4. The summed E-state index contributed by atoms with van der Waals surface area (Å²) in [6, 6.07) is 12.0. The number of nitrogens with zero attached hydrogens (tertiary/aromatic N) is 5. The Bertz CT molecular complexity index is 1320. The quantitative estimate of drug-likeness (QED) is 0.0926. The van der Waals surface area contributed by atoms with E-state index in [1.807, 2.05) is 74.3 Å². The fraction of sp³-hybridized carbons (Fsp3) is 0.375. The van der Waals surface area contributed by atoms with Crippen molar-refractivity contribution in [2.24, 2.45) is 5.73 Å². The fourth-order valence-corrected chi connectivity index (χ4v) is 4.25. The van der Waals surface area contributed by atoms with Gasteiger partial charge in [-0.05, 0) is 26.0 Å². The predicted octanol–water partition coefficient (Wildman–Crippen LogP) is 4.82. The minimum atomic E-state index is -1.07. The van der Waals surface area contributed by atoms with Crippen molar-refractivity contribution in [3.05, 3.63) is 84.9 Å². The zero-order valence-corrected chi connectivity index (χ0v) is 28.6. The SMILES string of the molecule is C=C/C=C(\C=C/CC=O)N(C)Cc1cnc2nc(N)nc(N)c2n1.CC.CCOC(=O)C(C)OP(CCN)OC.c1ccccc1. The first-order valence-electron chi connectivity index (χ1n) is 14.7. The van der Waals surface area contributed by atoms with Gasteiger partial charge in [0.05, 0.1) is 25.0 Å². The molecule has 0 aliphatic heterocycles. The van der Waals surface area contributed by atoms with Crippen LogP contribution < -0.4 is 17.2 Å². The van der Waals surface area contributed by atoms with Gasteiger partial charge in [-0.15, -0.1) is 0 Å². The van der Waals surface area contributed by atoms with Crippen LogP contribution in [-0.2, 0) is 29.9 Å². The number of carbonyl (C=O) groups excluding carboxylic acids is 2. The van der Waals surface area contributed by atoms with Crippen molar-refractivity contribution >= 4 is 43.6 Å². The Kier molecular flexibility index (Phi) is 23.6. The Balaban J connectivity index is 0.000000772. The Morgan fingerprint density at radius 3 is 2.26 bits per heavy atom. The van der Waals surface area contributed by atoms with Gasteiger partial charge in [0, 0.05) is 39.0 Å². The van der Waals surface area contributed by atoms with E-state index in [-0.39, 0.29) is 17.7 Å². The summed E-state index contributed by atoms with van der Waals surface area (Å²) in [6.07, 6.45) is 9.99. The molecule has 2 heterocycles. The molecule has 3 rings (SSSR count). The number of nitrogens with two attached hydrogens (primary N) is 3. The van der Waals surface area contributed by atoms with Crippen LogP contribution >= 0.6 is 8.38 Å². The molecular formula is C32H49N8O5P. The normalized spacial score (nSPS) is 11.8. The smallest absolute Gasteiger partial charge is 0.335 e. The number of hydrogen-bond acceptors (Lipinski definition) is 13. The third kappa shape index (κ3) is 17.3. The van der Waals surface area contributed by atoms with Crippen LogP contribution in [0.1, 0.15) is 39.8 Å². The monoisotopic (exact) mass is 656 g/mol. The van der Waals surface area contributed by atoms with Gasteiger partial charge in [0.1, 0.15) is 6.29 Å². The number of esters is 1. The van der Waals surface area contributed by atoms with Gasteiger partial charge >= 0.3 is 5.97 Å². The molecule has 46 heavy (non-hydrogen) atoms. The molecule has 2 atom stereocenters. The number of hydrogen-bond donors (Lipinski definition) is 3. The van der Waals surface area contributed by atoms with E-state index in [1.165, 1.54) is 0 Å². The van der Waals surface area contributed by atoms with Gasteiger partial charge in [0.15, 0.2) is 31.5 Å². The highest BCUT2D eigenvalue weighted by atomic mass is 31.2. The Morgan fingerprint density at radius 1 is 1.11 bits per heavy atom. The molecule has 0 bridgehead atoms. The largest absolute Gasteiger partial charge is 0.464 e. The van der Waals surface area contributed by atoms with Crippen LogP contribution in [0, 0.1) is 0 Å². The summed E-state index contributed by atoms with van der Waals surface area (Å²) >= 11 is 0. The number of benzene rings is 1. The minimum absolute atomic E-state index is 0.0654. The van der Waals surface area contributed by atoms with Crippen molar-refractivity contribution in [2.45, 2.75) is 46.8 Å². The molecule has 0 aliphatic carbocycles. The van der Waals surface area contributed by atoms with Crippen molar-refractivity contribution in [1.29, 1.82) is 0 Å². The number of aromatic nitrogens is 4. The van der Waals surface area contributed by atoms with Crippen molar-refractivity contribution in [2.75, 3.05) is 44.9 Å². The summed E-state index contributed by atoms with van der Waals surface area (Å²) in [5.41, 5.74) is 19.1. The summed E-state index contributed by atoms with van der Waals surface area (Å²) in [5, 5.41) is 0. The highest BCUT2D eigenvalue weighted by molar-refractivity contribution is 7.47. The maximum Gasteiger partial charge on any atom is 0.335 e. The number of nitrogen functional groups attached to an aromatic ring is 2. The van der Waals surface area contributed by atoms with Crippen LogP contribution in [0.4, 0.5) is 11.8 Å². The number of aldehydes is 1. The Hall–Kier alpha value is -4.29. The van der Waals surface area contributed by atoms with Crippen LogP contribution in [-0.4, -0.2) is 76.7 Å². The molecule has 0 saturated heterocycles. The molecule has 0 spiro atoms. The number of rotatable bonds is 14. The molecule has 252 valence electrons. The zero-order chi connectivity index (χ0) is 34.7. The van der Waals surface area contributed by atoms with Gasteiger partial charge in [-0.3, -0.25) is 0 Å². The average molecular weight is 657 g/mol. The van der Waals surface area contributed by atoms with Crippen LogP contribution in [0.5, 0.6) is 0 Å². The van der Waals surface area contributed by atoms with Crippen molar-refractivity contribution in [3.63, 3.8) is 0 Å². The number of ether oxygens (including phenoxy) is 1. The Labute approximate surface area is 273 Å². The minimum Gasteiger partial charge on any atom is -0.464 e. The first-order chi connectivity index (χ1) is 22.2. The number of likely N-dealkylation sites (N-methyl/N-ethyl adjacent to an activating group) is 1. The maximum atomic E-state index is 11.2. The topological polar surface area (TPSA) is 195 Å². The molecule has 2 unspecified atom stereocenters. The molecule has 1 aromatic carbocycles. The van der Waals surface area contributed by atoms with Gasteiger partial charge < -0.3 is 40.7 Å². The van der Waals surface area contributed by atoms with Crippen molar-refractivity contribution in [1.82, 2.24) is 24.8 Å². The summed E-state index contributed by atoms with van der Waals surface area (Å²) < 4.78 is 15.2. The molecule has 0 saturated carbocycles. The summed E-state index contributed by atoms with van der Waals surface area (Å²) in [5.74, 6) is -0.105. The molecule has 6 N–H and O–H groups in total. The maximum absolute atomic E-state index is 11.2. The third-order valence-corrected chi connectivity index (χ3v) is 6.81. The predicted molar refractivity (Wildman–Crippen MR) is 186 cm³/mol. The molecule has 0 aliphatic rings. The standard InChI is InChI=1S/C16H19N7O.C8H18NO4P.C6H6.C2H6/c1-3-6-12(7-4-5-8-24)23(2)10-11-9-19-15-13(20-11)14(17)21-16(18)22-15;1-4-12-8(10)7(2)13-14(11-3)6-5-9;1-2-4-6-5-3-1;1-2/h3-4,6-9H,1,5,10H2,2H3,(H4,17,18,19,21,22);7H,4-6,9H2,1-3H3;1-6H;1-2H3/b7-4-,12-6+;;;. The first-order valence-corrected chi connectivity index (χ1v) is 16.1. The second-order valence-corrected chi connectivity index (χ2v) is 10.4. The summed E-state index contributed by atoms with van der Waals surface area (Å²) in [4.78, 5) is 40.1. The Morgan fingerprint density at radius 2 is 1.74 bits per heavy atom. The molecule has 2 aromatic heterocycles. The molecular weight excluding hydrogens is 607 g/mol. The molecule has 0 fully saturated rings. The van der Waals surface area contributed by atoms with E-state index in [9.17, 15) is 9.59 Å². The van der Waals surface area contributed by atoms with Crippen molar-refractivity contribution < 1.29 is 23.4 Å². The summed E-state index contributed by atoms with van der Waals surface area (Å²) in [7, 11) is 2.37. The highest BCUT2D eigenvalue weighted by Gasteiger charge is 2.20. The fourth-order valence-electron chi connectivity index (χ4n) is 3.22. The van der Waals surface area contributed by atoms with E-state index in [4.69, 9.17) is 31.0 Å². The number of anilines is 2. The van der Waals surface area contributed by atoms with E-state index < -0.39 is 14.5 Å². The third-order valence-electron chi connectivity index (χ3n) is 5.23. The molecule has 0 radical (unpaired) electrons. The van der Waals surface area contributed by atoms with Gasteiger partial charge in [-0.2, -0.15) is 9.97 Å². The first kappa shape index (κ1) is 41.7. The van der Waals surface area contributed by atoms with Gasteiger partial charge in [0.25, 0.3) is 0 Å². The second-order valence-electron chi connectivity index (χ2n) is 8.67. The lowest BCUT2D eigenvalue weighted by atomic mass is 10.2. The number of fused-ring (bicyclic) bond motifs is 1. The average Bonchev–Trinajstić information content (AvgIpc) is 3.06. The van der Waals surface area contributed by atoms with Gasteiger partial charge in [-0.25, -0.2) is 14.8 Å². The zero-order valence-electron chi connectivity index (χ0n) is 27.7. The molecule has 13 nitrogen and oxygen atoms in total. The van der Waals surface area contributed by atoms with Crippen LogP contribution in [0.25, 0.3) is 11.2 Å². The highest BCUT2D eigenvalue weighted by Crippen LogP contribution is 2.37. The lowest BCUT2D eigenvalue weighted by Gasteiger charge is -2.19. The molecule has 0 amide bonds. The van der Waals surface area contributed by atoms with E-state index >= 15 is 0 Å².